The van der Waals surface area contributed by atoms with Crippen LogP contribution in [0, 0.1) is 0 Å². The van der Waals surface area contributed by atoms with Crippen LogP contribution in [0.25, 0.3) is 11.1 Å². The van der Waals surface area contributed by atoms with Crippen LogP contribution in [0.4, 0.5) is 5.82 Å². The van der Waals surface area contributed by atoms with Crippen molar-refractivity contribution in [2.45, 2.75) is 9.92 Å². The van der Waals surface area contributed by atoms with Crippen molar-refractivity contribution in [2.75, 3.05) is 5.73 Å². The summed E-state index contributed by atoms with van der Waals surface area (Å²) >= 11 is 5.03. The molecule has 104 valence electrons. The lowest BCUT2D eigenvalue weighted by atomic mass is 10.1. The fourth-order valence-corrected chi connectivity index (χ4v) is 3.15. The number of anilines is 1. The van der Waals surface area contributed by atoms with E-state index in [1.807, 2.05) is 54.6 Å². The molecule has 0 spiro atoms. The minimum absolute atomic E-state index is 0.491. The topological polar surface area (TPSA) is 51.8 Å². The van der Waals surface area contributed by atoms with Gasteiger partial charge in [0.25, 0.3) is 0 Å². The van der Waals surface area contributed by atoms with Crippen LogP contribution in [-0.4, -0.2) is 9.97 Å². The molecule has 2 N–H and O–H groups in total. The van der Waals surface area contributed by atoms with E-state index in [-0.39, 0.29) is 0 Å². The van der Waals surface area contributed by atoms with E-state index in [1.54, 1.807) is 11.8 Å². The molecule has 3 nitrogen and oxygen atoms in total. The van der Waals surface area contributed by atoms with Crippen LogP contribution in [0.3, 0.4) is 0 Å². The van der Waals surface area contributed by atoms with Gasteiger partial charge in [0.2, 0.25) is 0 Å². The Morgan fingerprint density at radius 1 is 0.905 bits per heavy atom. The Balaban J connectivity index is 2.05. The van der Waals surface area contributed by atoms with Gasteiger partial charge in [-0.3, -0.25) is 0 Å². The number of halogens is 1. The first-order valence-electron chi connectivity index (χ1n) is 6.33. The Bertz CT molecular complexity index is 745. The molecule has 1 heterocycles. The minimum Gasteiger partial charge on any atom is -0.383 e. The molecule has 5 heteroatoms. The molecule has 3 rings (SSSR count). The number of nitrogens with zero attached hydrogens (tertiary/aromatic N) is 2. The number of hydrogen-bond donors (Lipinski definition) is 1. The SMILES string of the molecule is Nc1ncnc(Sc2ccccc2)c1-c1ccc(Br)cc1. The third-order valence-electron chi connectivity index (χ3n) is 2.93. The Kier molecular flexibility index (Phi) is 4.22. The van der Waals surface area contributed by atoms with Gasteiger partial charge in [0.15, 0.2) is 0 Å². The largest absolute Gasteiger partial charge is 0.383 e. The third kappa shape index (κ3) is 3.25. The molecule has 0 radical (unpaired) electrons. The van der Waals surface area contributed by atoms with E-state index in [4.69, 9.17) is 5.73 Å². The Morgan fingerprint density at radius 2 is 1.62 bits per heavy atom. The summed E-state index contributed by atoms with van der Waals surface area (Å²) in [7, 11) is 0. The standard InChI is InChI=1S/C16H12BrN3S/c17-12-8-6-11(7-9-12)14-15(18)19-10-20-16(14)21-13-4-2-1-3-5-13/h1-10H,(H2,18,19,20). The van der Waals surface area contributed by atoms with Crippen LogP contribution in [0.15, 0.2) is 75.3 Å². The van der Waals surface area contributed by atoms with Gasteiger partial charge in [-0.2, -0.15) is 0 Å². The van der Waals surface area contributed by atoms with Crippen LogP contribution in [0.5, 0.6) is 0 Å². The third-order valence-corrected chi connectivity index (χ3v) is 4.47. The van der Waals surface area contributed by atoms with Crippen LogP contribution in [0.2, 0.25) is 0 Å². The highest BCUT2D eigenvalue weighted by atomic mass is 79.9. The van der Waals surface area contributed by atoms with Crippen molar-refractivity contribution in [1.29, 1.82) is 0 Å². The number of hydrogen-bond acceptors (Lipinski definition) is 4. The van der Waals surface area contributed by atoms with Gasteiger partial charge >= 0.3 is 0 Å². The van der Waals surface area contributed by atoms with Crippen molar-refractivity contribution in [3.63, 3.8) is 0 Å². The number of nitrogens with two attached hydrogens (primary N) is 1. The van der Waals surface area contributed by atoms with E-state index in [0.29, 0.717) is 5.82 Å². The fraction of sp³-hybridized carbons (Fsp3) is 0. The highest BCUT2D eigenvalue weighted by Crippen LogP contribution is 2.37. The van der Waals surface area contributed by atoms with Gasteiger partial charge in [0.05, 0.1) is 5.56 Å². The molecule has 0 saturated carbocycles. The highest BCUT2D eigenvalue weighted by Gasteiger charge is 2.12. The molecule has 0 aliphatic rings. The lowest BCUT2D eigenvalue weighted by Crippen LogP contribution is -1.98. The van der Waals surface area contributed by atoms with Crippen LogP contribution >= 0.6 is 27.7 Å². The highest BCUT2D eigenvalue weighted by molar-refractivity contribution is 9.10. The first-order valence-corrected chi connectivity index (χ1v) is 7.94. The van der Waals surface area contributed by atoms with Gasteiger partial charge in [-0.1, -0.05) is 58.0 Å². The van der Waals surface area contributed by atoms with E-state index < -0.39 is 0 Å². The van der Waals surface area contributed by atoms with Gasteiger partial charge in [0.1, 0.15) is 17.2 Å². The molecule has 0 aliphatic heterocycles. The van der Waals surface area contributed by atoms with Crippen LogP contribution in [-0.2, 0) is 0 Å². The summed E-state index contributed by atoms with van der Waals surface area (Å²) in [6, 6.07) is 18.1. The van der Waals surface area contributed by atoms with Gasteiger partial charge in [-0.05, 0) is 29.8 Å². The molecule has 21 heavy (non-hydrogen) atoms. The zero-order chi connectivity index (χ0) is 14.7. The van der Waals surface area contributed by atoms with Gasteiger partial charge < -0.3 is 5.73 Å². The Hall–Kier alpha value is -1.85. The summed E-state index contributed by atoms with van der Waals surface area (Å²) in [6.07, 6.45) is 1.50. The van der Waals surface area contributed by atoms with Crippen molar-refractivity contribution in [3.05, 3.63) is 65.4 Å². The molecular formula is C16H12BrN3S. The first-order chi connectivity index (χ1) is 10.2. The maximum atomic E-state index is 6.07. The second-order valence-corrected chi connectivity index (χ2v) is 6.34. The lowest BCUT2D eigenvalue weighted by molar-refractivity contribution is 1.06. The predicted molar refractivity (Wildman–Crippen MR) is 90.1 cm³/mol. The van der Waals surface area contributed by atoms with Gasteiger partial charge in [0, 0.05) is 9.37 Å². The monoisotopic (exact) mass is 357 g/mol. The lowest BCUT2D eigenvalue weighted by Gasteiger charge is -2.10. The molecular weight excluding hydrogens is 346 g/mol. The molecule has 1 aromatic heterocycles. The molecule has 2 aromatic carbocycles. The average Bonchev–Trinajstić information content (AvgIpc) is 2.50. The van der Waals surface area contributed by atoms with Gasteiger partial charge in [-0.15, -0.1) is 0 Å². The minimum atomic E-state index is 0.491. The van der Waals surface area contributed by atoms with E-state index in [9.17, 15) is 0 Å². The summed E-state index contributed by atoms with van der Waals surface area (Å²) in [5.74, 6) is 0.491. The molecule has 0 unspecified atom stereocenters. The quantitative estimate of drug-likeness (QED) is 0.693. The van der Waals surface area contributed by atoms with Crippen molar-refractivity contribution >= 4 is 33.5 Å². The zero-order valence-electron chi connectivity index (χ0n) is 11.0. The number of nitrogen functional groups attached to an aromatic ring is 1. The van der Waals surface area contributed by atoms with E-state index >= 15 is 0 Å². The van der Waals surface area contributed by atoms with Crippen molar-refractivity contribution in [1.82, 2.24) is 9.97 Å². The molecule has 0 bridgehead atoms. The fourth-order valence-electron chi connectivity index (χ4n) is 1.95. The van der Waals surface area contributed by atoms with Crippen molar-refractivity contribution in [3.8, 4) is 11.1 Å². The van der Waals surface area contributed by atoms with E-state index in [1.165, 1.54) is 6.33 Å². The molecule has 0 aliphatic carbocycles. The molecule has 0 saturated heterocycles. The number of benzene rings is 2. The molecule has 0 amide bonds. The second kappa shape index (κ2) is 6.28. The zero-order valence-corrected chi connectivity index (χ0v) is 13.4. The molecule has 0 fully saturated rings. The second-order valence-electron chi connectivity index (χ2n) is 4.36. The molecule has 0 atom stereocenters. The summed E-state index contributed by atoms with van der Waals surface area (Å²) in [6.45, 7) is 0. The maximum absolute atomic E-state index is 6.07. The molecule has 3 aromatic rings. The van der Waals surface area contributed by atoms with Crippen molar-refractivity contribution < 1.29 is 0 Å². The Labute approximate surface area is 135 Å². The maximum Gasteiger partial charge on any atom is 0.135 e. The summed E-state index contributed by atoms with van der Waals surface area (Å²) in [5, 5.41) is 0.857. The summed E-state index contributed by atoms with van der Waals surface area (Å²) in [5.41, 5.74) is 7.95. The van der Waals surface area contributed by atoms with E-state index in [0.717, 1.165) is 25.5 Å². The average molecular weight is 358 g/mol. The Morgan fingerprint density at radius 3 is 2.33 bits per heavy atom. The summed E-state index contributed by atoms with van der Waals surface area (Å²) < 4.78 is 1.03. The van der Waals surface area contributed by atoms with Crippen LogP contribution in [0.1, 0.15) is 0 Å². The predicted octanol–water partition coefficient (Wildman–Crippen LogP) is 4.64. The normalized spacial score (nSPS) is 10.5. The summed E-state index contributed by atoms with van der Waals surface area (Å²) in [4.78, 5) is 9.63. The van der Waals surface area contributed by atoms with Crippen LogP contribution < -0.4 is 5.73 Å². The number of rotatable bonds is 3. The van der Waals surface area contributed by atoms with E-state index in [2.05, 4.69) is 25.9 Å². The number of aromatic nitrogens is 2. The van der Waals surface area contributed by atoms with Gasteiger partial charge in [-0.25, -0.2) is 9.97 Å². The van der Waals surface area contributed by atoms with Crippen molar-refractivity contribution in [2.24, 2.45) is 0 Å². The first kappa shape index (κ1) is 14.1. The smallest absolute Gasteiger partial charge is 0.135 e.